The van der Waals surface area contributed by atoms with Gasteiger partial charge >= 0.3 is 5.97 Å². The fourth-order valence-corrected chi connectivity index (χ4v) is 2.29. The first-order valence-corrected chi connectivity index (χ1v) is 7.15. The number of pyridine rings is 1. The Morgan fingerprint density at radius 2 is 1.95 bits per heavy atom. The number of halogens is 2. The van der Waals surface area contributed by atoms with Crippen LogP contribution >= 0.6 is 23.2 Å². The molecule has 0 atom stereocenters. The second-order valence-electron chi connectivity index (χ2n) is 4.48. The van der Waals surface area contributed by atoms with Crippen LogP contribution in [0.25, 0.3) is 0 Å². The number of hydrogen-bond acceptors (Lipinski definition) is 3. The van der Waals surface area contributed by atoms with Crippen LogP contribution in [-0.2, 0) is 11.2 Å². The normalized spacial score (nSPS) is 10.3. The summed E-state index contributed by atoms with van der Waals surface area (Å²) in [6.07, 6.45) is 1.74. The Morgan fingerprint density at radius 1 is 1.18 bits per heavy atom. The third kappa shape index (κ3) is 4.19. The number of carbonyl (C=O) groups excluding carboxylic acids is 1. The maximum Gasteiger partial charge on any atom is 0.336 e. The molecule has 0 aliphatic rings. The molecule has 1 aromatic carbocycles. The minimum Gasteiger partial charge on any atom is -0.478 e. The van der Waals surface area contributed by atoms with Gasteiger partial charge in [-0.25, -0.2) is 9.78 Å². The van der Waals surface area contributed by atoms with Crippen molar-refractivity contribution in [3.8, 4) is 0 Å². The van der Waals surface area contributed by atoms with Crippen LogP contribution in [0.15, 0.2) is 36.5 Å². The highest BCUT2D eigenvalue weighted by atomic mass is 35.5. The molecule has 2 rings (SSSR count). The Kier molecular flexibility index (Phi) is 5.35. The Labute approximate surface area is 136 Å². The molecule has 0 radical (unpaired) electrons. The molecular weight excluding hydrogens is 327 g/mol. The molecule has 0 bridgehead atoms. The fraction of sp³-hybridized carbons (Fsp3) is 0.133. The van der Waals surface area contributed by atoms with Crippen LogP contribution in [-0.4, -0.2) is 22.0 Å². The van der Waals surface area contributed by atoms with Crippen LogP contribution in [0.1, 0.15) is 22.3 Å². The minimum atomic E-state index is -1.07. The van der Waals surface area contributed by atoms with Gasteiger partial charge in [0.1, 0.15) is 5.82 Å². The molecule has 2 aromatic rings. The Bertz CT molecular complexity index is 702. The lowest BCUT2D eigenvalue weighted by molar-refractivity contribution is -0.116. The lowest BCUT2D eigenvalue weighted by atomic mass is 10.0. The summed E-state index contributed by atoms with van der Waals surface area (Å²) in [7, 11) is 0. The molecule has 0 aliphatic heterocycles. The monoisotopic (exact) mass is 338 g/mol. The number of carboxylic acids is 1. The number of aromatic carboxylic acids is 1. The van der Waals surface area contributed by atoms with E-state index in [9.17, 15) is 9.59 Å². The van der Waals surface area contributed by atoms with Crippen molar-refractivity contribution in [1.82, 2.24) is 4.98 Å². The number of nitrogens with one attached hydrogen (secondary N) is 1. The largest absolute Gasteiger partial charge is 0.478 e. The van der Waals surface area contributed by atoms with Crippen molar-refractivity contribution in [2.75, 3.05) is 5.32 Å². The summed E-state index contributed by atoms with van der Waals surface area (Å²) in [5.41, 5.74) is 0.542. The zero-order chi connectivity index (χ0) is 16.1. The van der Waals surface area contributed by atoms with Crippen molar-refractivity contribution in [3.63, 3.8) is 0 Å². The van der Waals surface area contributed by atoms with Gasteiger partial charge in [-0.1, -0.05) is 29.3 Å². The van der Waals surface area contributed by atoms with E-state index in [0.717, 1.165) is 0 Å². The molecule has 1 heterocycles. The van der Waals surface area contributed by atoms with E-state index in [-0.39, 0.29) is 24.3 Å². The van der Waals surface area contributed by atoms with Gasteiger partial charge in [0.05, 0.1) is 10.6 Å². The molecule has 0 aliphatic carbocycles. The lowest BCUT2D eigenvalue weighted by Crippen LogP contribution is -2.14. The highest BCUT2D eigenvalue weighted by Gasteiger charge is 2.14. The minimum absolute atomic E-state index is 0.0916. The molecule has 0 spiro atoms. The topological polar surface area (TPSA) is 79.3 Å². The molecule has 0 fully saturated rings. The number of anilines is 1. The van der Waals surface area contributed by atoms with Gasteiger partial charge in [-0.3, -0.25) is 4.79 Å². The summed E-state index contributed by atoms with van der Waals surface area (Å²) < 4.78 is 0. The molecule has 0 unspecified atom stereocenters. The standard InChI is InChI=1S/C15H12Cl2N2O3/c16-9-4-6-13(18-8-9)19-14(20)7-5-10-11(15(21)22)2-1-3-12(10)17/h1-4,6,8H,5,7H2,(H,21,22)(H,18,19,20). The number of rotatable bonds is 5. The summed E-state index contributed by atoms with van der Waals surface area (Å²) >= 11 is 11.7. The van der Waals surface area contributed by atoms with E-state index < -0.39 is 5.97 Å². The van der Waals surface area contributed by atoms with Crippen LogP contribution in [0.3, 0.4) is 0 Å². The molecule has 2 N–H and O–H groups in total. The molecule has 114 valence electrons. The zero-order valence-corrected chi connectivity index (χ0v) is 12.9. The molecule has 5 nitrogen and oxygen atoms in total. The first kappa shape index (κ1) is 16.3. The van der Waals surface area contributed by atoms with Gasteiger partial charge in [0.25, 0.3) is 0 Å². The average Bonchev–Trinajstić information content (AvgIpc) is 2.48. The van der Waals surface area contributed by atoms with E-state index in [1.54, 1.807) is 24.3 Å². The highest BCUT2D eigenvalue weighted by Crippen LogP contribution is 2.22. The van der Waals surface area contributed by atoms with Crippen LogP contribution in [0.2, 0.25) is 10.0 Å². The van der Waals surface area contributed by atoms with Crippen molar-refractivity contribution >= 4 is 40.9 Å². The zero-order valence-electron chi connectivity index (χ0n) is 11.3. The third-order valence-corrected chi connectivity index (χ3v) is 3.52. The smallest absolute Gasteiger partial charge is 0.336 e. The van der Waals surface area contributed by atoms with Crippen LogP contribution in [0.5, 0.6) is 0 Å². The van der Waals surface area contributed by atoms with Crippen LogP contribution in [0.4, 0.5) is 5.82 Å². The molecule has 22 heavy (non-hydrogen) atoms. The van der Waals surface area contributed by atoms with Gasteiger partial charge < -0.3 is 10.4 Å². The SMILES string of the molecule is O=C(CCc1c(Cl)cccc1C(=O)O)Nc1ccc(Cl)cn1. The van der Waals surface area contributed by atoms with Gasteiger partial charge in [0.2, 0.25) is 5.91 Å². The van der Waals surface area contributed by atoms with Crippen molar-refractivity contribution in [2.45, 2.75) is 12.8 Å². The molecule has 1 amide bonds. The third-order valence-electron chi connectivity index (χ3n) is 2.95. The quantitative estimate of drug-likeness (QED) is 0.871. The summed E-state index contributed by atoms with van der Waals surface area (Å²) in [4.78, 5) is 27.0. The Hall–Kier alpha value is -2.11. The predicted octanol–water partition coefficient (Wildman–Crippen LogP) is 3.66. The van der Waals surface area contributed by atoms with E-state index in [1.807, 2.05) is 0 Å². The van der Waals surface area contributed by atoms with Crippen molar-refractivity contribution < 1.29 is 14.7 Å². The molecular formula is C15H12Cl2N2O3. The maximum absolute atomic E-state index is 11.9. The molecule has 7 heteroatoms. The molecule has 0 saturated carbocycles. The number of aromatic nitrogens is 1. The number of benzene rings is 1. The summed E-state index contributed by atoms with van der Waals surface area (Å²) in [6.45, 7) is 0. The fourth-order valence-electron chi connectivity index (χ4n) is 1.91. The van der Waals surface area contributed by atoms with E-state index >= 15 is 0 Å². The molecule has 1 aromatic heterocycles. The van der Waals surface area contributed by atoms with Gasteiger partial charge in [-0.2, -0.15) is 0 Å². The average molecular weight is 339 g/mol. The second kappa shape index (κ2) is 7.24. The van der Waals surface area contributed by atoms with E-state index in [2.05, 4.69) is 10.3 Å². The summed E-state index contributed by atoms with van der Waals surface area (Å²) in [5.74, 6) is -0.977. The van der Waals surface area contributed by atoms with E-state index in [4.69, 9.17) is 28.3 Å². The Morgan fingerprint density at radius 3 is 2.59 bits per heavy atom. The van der Waals surface area contributed by atoms with Crippen LogP contribution in [0, 0.1) is 0 Å². The first-order chi connectivity index (χ1) is 10.5. The molecule has 0 saturated heterocycles. The van der Waals surface area contributed by atoms with Gasteiger partial charge in [0, 0.05) is 17.6 Å². The van der Waals surface area contributed by atoms with Crippen molar-refractivity contribution in [1.29, 1.82) is 0 Å². The summed E-state index contributed by atoms with van der Waals surface area (Å²) in [5, 5.41) is 12.5. The number of carboxylic acid groups (broad SMARTS) is 1. The Balaban J connectivity index is 2.02. The van der Waals surface area contributed by atoms with Gasteiger partial charge in [-0.05, 0) is 36.2 Å². The number of amides is 1. The van der Waals surface area contributed by atoms with E-state index in [0.29, 0.717) is 21.4 Å². The number of carbonyl (C=O) groups is 2. The highest BCUT2D eigenvalue weighted by molar-refractivity contribution is 6.32. The van der Waals surface area contributed by atoms with Crippen LogP contribution < -0.4 is 5.32 Å². The van der Waals surface area contributed by atoms with E-state index in [1.165, 1.54) is 12.3 Å². The maximum atomic E-state index is 11.9. The summed E-state index contributed by atoms with van der Waals surface area (Å²) in [6, 6.07) is 7.82. The lowest BCUT2D eigenvalue weighted by Gasteiger charge is -2.08. The van der Waals surface area contributed by atoms with Crippen molar-refractivity contribution in [3.05, 3.63) is 57.7 Å². The second-order valence-corrected chi connectivity index (χ2v) is 5.32. The number of hydrogen-bond donors (Lipinski definition) is 2. The van der Waals surface area contributed by atoms with Gasteiger partial charge in [-0.15, -0.1) is 0 Å². The first-order valence-electron chi connectivity index (χ1n) is 6.39. The predicted molar refractivity (Wildman–Crippen MR) is 84.6 cm³/mol. The van der Waals surface area contributed by atoms with Gasteiger partial charge in [0.15, 0.2) is 0 Å². The number of nitrogens with zero attached hydrogens (tertiary/aromatic N) is 1. The van der Waals surface area contributed by atoms with Crippen molar-refractivity contribution in [2.24, 2.45) is 0 Å².